The maximum atomic E-state index is 12.9. The number of aromatic nitrogens is 2. The van der Waals surface area contributed by atoms with E-state index in [-0.39, 0.29) is 5.91 Å². The Morgan fingerprint density at radius 2 is 1.83 bits per heavy atom. The third kappa shape index (κ3) is 4.38. The summed E-state index contributed by atoms with van der Waals surface area (Å²) in [5.41, 5.74) is 2.83. The van der Waals surface area contributed by atoms with Crippen molar-refractivity contribution in [3.05, 3.63) is 90.4 Å². The van der Waals surface area contributed by atoms with Gasteiger partial charge in [-0.15, -0.1) is 0 Å². The van der Waals surface area contributed by atoms with E-state index in [9.17, 15) is 4.79 Å². The average molecular weight is 399 g/mol. The molecule has 0 aliphatic heterocycles. The van der Waals surface area contributed by atoms with Gasteiger partial charge in [0.25, 0.3) is 5.91 Å². The normalized spacial score (nSPS) is 10.6. The molecule has 1 N–H and O–H groups in total. The summed E-state index contributed by atoms with van der Waals surface area (Å²) in [6.45, 7) is 2.71. The third-order valence-corrected chi connectivity index (χ3v) is 4.50. The monoisotopic (exact) mass is 399 g/mol. The Hall–Kier alpha value is -3.93. The number of para-hydroxylation sites is 1. The van der Waals surface area contributed by atoms with Gasteiger partial charge in [0, 0.05) is 35.1 Å². The van der Waals surface area contributed by atoms with Gasteiger partial charge in [0.1, 0.15) is 6.61 Å². The van der Waals surface area contributed by atoms with Crippen LogP contribution in [0.15, 0.2) is 79.3 Å². The minimum atomic E-state index is -0.243. The Balaban J connectivity index is 1.54. The molecule has 1 amide bonds. The van der Waals surface area contributed by atoms with Crippen molar-refractivity contribution >= 4 is 22.5 Å². The van der Waals surface area contributed by atoms with Crippen molar-refractivity contribution < 1.29 is 14.3 Å². The number of rotatable bonds is 7. The molecule has 6 nitrogen and oxygen atoms in total. The molecule has 0 saturated carbocycles. The van der Waals surface area contributed by atoms with Gasteiger partial charge < -0.3 is 14.8 Å². The molecule has 0 atom stereocenters. The standard InChI is InChI=1S/C24H21N3O3/c1-2-29-22-14-19(10-11-21(22)30-16-17-6-4-12-25-15-17)24(28)27-20-9-3-7-18-8-5-13-26-23(18)20/h3-15H,2,16H2,1H3,(H,27,28). The van der Waals surface area contributed by atoms with Gasteiger partial charge in [-0.1, -0.05) is 24.3 Å². The van der Waals surface area contributed by atoms with Crippen LogP contribution in [0, 0.1) is 0 Å². The van der Waals surface area contributed by atoms with Crippen molar-refractivity contribution in [2.24, 2.45) is 0 Å². The zero-order valence-electron chi connectivity index (χ0n) is 16.5. The van der Waals surface area contributed by atoms with Crippen LogP contribution in [0.2, 0.25) is 0 Å². The number of nitrogens with zero attached hydrogens (tertiary/aromatic N) is 2. The molecule has 0 aliphatic rings. The Labute approximate surface area is 174 Å². The number of anilines is 1. The van der Waals surface area contributed by atoms with Crippen molar-refractivity contribution in [1.29, 1.82) is 0 Å². The summed E-state index contributed by atoms with van der Waals surface area (Å²) in [6.07, 6.45) is 5.17. The smallest absolute Gasteiger partial charge is 0.255 e. The number of ether oxygens (including phenoxy) is 2. The van der Waals surface area contributed by atoms with Crippen LogP contribution >= 0.6 is 0 Å². The van der Waals surface area contributed by atoms with E-state index in [0.717, 1.165) is 16.5 Å². The summed E-state index contributed by atoms with van der Waals surface area (Å²) < 4.78 is 11.6. The molecular weight excluding hydrogens is 378 g/mol. The van der Waals surface area contributed by atoms with E-state index in [1.165, 1.54) is 0 Å². The van der Waals surface area contributed by atoms with Crippen molar-refractivity contribution in [2.75, 3.05) is 11.9 Å². The molecule has 0 radical (unpaired) electrons. The second kappa shape index (κ2) is 9.05. The molecular formula is C24H21N3O3. The summed E-state index contributed by atoms with van der Waals surface area (Å²) >= 11 is 0. The van der Waals surface area contributed by atoms with Crippen LogP contribution in [0.5, 0.6) is 11.5 Å². The second-order valence-electron chi connectivity index (χ2n) is 6.58. The first-order valence-corrected chi connectivity index (χ1v) is 9.68. The number of hydrogen-bond acceptors (Lipinski definition) is 5. The summed E-state index contributed by atoms with van der Waals surface area (Å²) in [4.78, 5) is 21.3. The minimum Gasteiger partial charge on any atom is -0.490 e. The Morgan fingerprint density at radius 3 is 2.67 bits per heavy atom. The number of pyridine rings is 2. The predicted molar refractivity (Wildman–Crippen MR) is 116 cm³/mol. The van der Waals surface area contributed by atoms with Gasteiger partial charge in [0.05, 0.1) is 17.8 Å². The fourth-order valence-electron chi connectivity index (χ4n) is 3.08. The highest BCUT2D eigenvalue weighted by molar-refractivity contribution is 6.08. The molecule has 0 spiro atoms. The fourth-order valence-corrected chi connectivity index (χ4v) is 3.08. The summed E-state index contributed by atoms with van der Waals surface area (Å²) in [5.74, 6) is 0.849. The molecule has 0 fully saturated rings. The highest BCUT2D eigenvalue weighted by atomic mass is 16.5. The zero-order chi connectivity index (χ0) is 20.8. The number of nitrogens with one attached hydrogen (secondary N) is 1. The topological polar surface area (TPSA) is 73.3 Å². The van der Waals surface area contributed by atoms with E-state index in [1.807, 2.05) is 49.4 Å². The average Bonchev–Trinajstić information content (AvgIpc) is 2.79. The molecule has 0 aliphatic carbocycles. The lowest BCUT2D eigenvalue weighted by Gasteiger charge is -2.14. The first kappa shape index (κ1) is 19.4. The van der Waals surface area contributed by atoms with Crippen LogP contribution in [0.1, 0.15) is 22.8 Å². The Kier molecular flexibility index (Phi) is 5.85. The van der Waals surface area contributed by atoms with Crippen molar-refractivity contribution in [1.82, 2.24) is 9.97 Å². The largest absolute Gasteiger partial charge is 0.490 e. The highest BCUT2D eigenvalue weighted by Crippen LogP contribution is 2.30. The zero-order valence-corrected chi connectivity index (χ0v) is 16.5. The molecule has 4 rings (SSSR count). The van der Waals surface area contributed by atoms with Gasteiger partial charge in [-0.25, -0.2) is 0 Å². The van der Waals surface area contributed by atoms with E-state index in [1.54, 1.807) is 36.8 Å². The first-order valence-electron chi connectivity index (χ1n) is 9.68. The molecule has 30 heavy (non-hydrogen) atoms. The minimum absolute atomic E-state index is 0.243. The van der Waals surface area contributed by atoms with Crippen LogP contribution in [0.3, 0.4) is 0 Å². The van der Waals surface area contributed by atoms with Crippen LogP contribution in [0.4, 0.5) is 5.69 Å². The number of hydrogen-bond donors (Lipinski definition) is 1. The number of fused-ring (bicyclic) bond motifs is 1. The molecule has 150 valence electrons. The van der Waals surface area contributed by atoms with Gasteiger partial charge in [-0.3, -0.25) is 14.8 Å². The first-order chi connectivity index (χ1) is 14.7. The maximum Gasteiger partial charge on any atom is 0.255 e. The van der Waals surface area contributed by atoms with E-state index >= 15 is 0 Å². The lowest BCUT2D eigenvalue weighted by molar-refractivity contribution is 0.102. The van der Waals surface area contributed by atoms with Crippen LogP contribution in [-0.4, -0.2) is 22.5 Å². The Bertz CT molecular complexity index is 1160. The van der Waals surface area contributed by atoms with E-state index < -0.39 is 0 Å². The molecule has 0 unspecified atom stereocenters. The van der Waals surface area contributed by atoms with Gasteiger partial charge in [0.15, 0.2) is 11.5 Å². The number of benzene rings is 2. The van der Waals surface area contributed by atoms with Crippen LogP contribution < -0.4 is 14.8 Å². The van der Waals surface area contributed by atoms with Crippen molar-refractivity contribution in [2.45, 2.75) is 13.5 Å². The SMILES string of the molecule is CCOc1cc(C(=O)Nc2cccc3cccnc23)ccc1OCc1cccnc1. The molecule has 2 aromatic heterocycles. The van der Waals surface area contributed by atoms with Crippen molar-refractivity contribution in [3.8, 4) is 11.5 Å². The van der Waals surface area contributed by atoms with Crippen molar-refractivity contribution in [3.63, 3.8) is 0 Å². The number of carbonyl (C=O) groups is 1. The number of carbonyl (C=O) groups excluding carboxylic acids is 1. The summed E-state index contributed by atoms with van der Waals surface area (Å²) in [6, 6.07) is 18.5. The molecule has 0 saturated heterocycles. The van der Waals surface area contributed by atoms with Gasteiger partial charge in [-0.2, -0.15) is 0 Å². The summed E-state index contributed by atoms with van der Waals surface area (Å²) in [5, 5.41) is 3.90. The second-order valence-corrected chi connectivity index (χ2v) is 6.58. The predicted octanol–water partition coefficient (Wildman–Crippen LogP) is 4.86. The molecule has 0 bridgehead atoms. The quantitative estimate of drug-likeness (QED) is 0.480. The summed E-state index contributed by atoms with van der Waals surface area (Å²) in [7, 11) is 0. The number of amides is 1. The van der Waals surface area contributed by atoms with E-state index in [0.29, 0.717) is 36.0 Å². The molecule has 6 heteroatoms. The fraction of sp³-hybridized carbons (Fsp3) is 0.125. The van der Waals surface area contributed by atoms with Crippen LogP contribution in [-0.2, 0) is 6.61 Å². The highest BCUT2D eigenvalue weighted by Gasteiger charge is 2.13. The van der Waals surface area contributed by atoms with Gasteiger partial charge in [-0.05, 0) is 43.3 Å². The lowest BCUT2D eigenvalue weighted by Crippen LogP contribution is -2.13. The molecule has 4 aromatic rings. The maximum absolute atomic E-state index is 12.9. The van der Waals surface area contributed by atoms with E-state index in [4.69, 9.17) is 9.47 Å². The van der Waals surface area contributed by atoms with Crippen LogP contribution in [0.25, 0.3) is 10.9 Å². The lowest BCUT2D eigenvalue weighted by atomic mass is 10.1. The van der Waals surface area contributed by atoms with E-state index in [2.05, 4.69) is 15.3 Å². The van der Waals surface area contributed by atoms with Gasteiger partial charge in [0.2, 0.25) is 0 Å². The molecule has 2 heterocycles. The Morgan fingerprint density at radius 1 is 0.967 bits per heavy atom. The third-order valence-electron chi connectivity index (χ3n) is 4.50. The van der Waals surface area contributed by atoms with Gasteiger partial charge >= 0.3 is 0 Å². The molecule has 2 aromatic carbocycles.